The first-order valence-corrected chi connectivity index (χ1v) is 9.40. The van der Waals surface area contributed by atoms with Crippen LogP contribution in [0.5, 0.6) is 11.5 Å². The summed E-state index contributed by atoms with van der Waals surface area (Å²) < 4.78 is 26.0. The minimum atomic E-state index is -0.291. The number of hydrogen-bond donors (Lipinski definition) is 1. The molecule has 30 heavy (non-hydrogen) atoms. The van der Waals surface area contributed by atoms with Gasteiger partial charge in [0, 0.05) is 37.7 Å². The largest absolute Gasteiger partial charge is 0.454 e. The molecule has 5 rings (SSSR count). The van der Waals surface area contributed by atoms with E-state index in [2.05, 4.69) is 15.3 Å². The molecule has 0 saturated carbocycles. The number of fused-ring (bicyclic) bond motifs is 1. The molecule has 0 spiro atoms. The van der Waals surface area contributed by atoms with E-state index >= 15 is 0 Å². The van der Waals surface area contributed by atoms with Crippen LogP contribution in [-0.4, -0.2) is 26.3 Å². The van der Waals surface area contributed by atoms with Gasteiger partial charge in [-0.25, -0.2) is 19.3 Å². The Morgan fingerprint density at radius 3 is 2.70 bits per heavy atom. The number of benzene rings is 2. The molecule has 0 amide bonds. The van der Waals surface area contributed by atoms with E-state index in [4.69, 9.17) is 14.5 Å². The van der Waals surface area contributed by atoms with Crippen molar-refractivity contribution in [2.45, 2.75) is 6.54 Å². The second-order valence-electron chi connectivity index (χ2n) is 6.87. The van der Waals surface area contributed by atoms with Crippen molar-refractivity contribution in [1.82, 2.24) is 19.5 Å². The lowest BCUT2D eigenvalue weighted by Crippen LogP contribution is -2.06. The molecule has 2 aromatic heterocycles. The highest BCUT2D eigenvalue weighted by Crippen LogP contribution is 2.33. The van der Waals surface area contributed by atoms with Gasteiger partial charge in [0.25, 0.3) is 0 Å². The number of aromatic nitrogens is 4. The summed E-state index contributed by atoms with van der Waals surface area (Å²) in [4.78, 5) is 13.6. The fraction of sp³-hybridized carbons (Fsp3) is 0.136. The van der Waals surface area contributed by atoms with Gasteiger partial charge < -0.3 is 19.4 Å². The molecule has 3 heterocycles. The average molecular weight is 403 g/mol. The predicted molar refractivity (Wildman–Crippen MR) is 110 cm³/mol. The first-order chi connectivity index (χ1) is 14.7. The summed E-state index contributed by atoms with van der Waals surface area (Å²) in [6.07, 6.45) is 5.30. The number of anilines is 1. The van der Waals surface area contributed by atoms with Gasteiger partial charge >= 0.3 is 0 Å². The molecule has 8 heteroatoms. The van der Waals surface area contributed by atoms with Gasteiger partial charge in [-0.3, -0.25) is 0 Å². The minimum absolute atomic E-state index is 0.243. The van der Waals surface area contributed by atoms with E-state index in [1.807, 2.05) is 36.0 Å². The highest BCUT2D eigenvalue weighted by molar-refractivity contribution is 5.78. The molecule has 0 radical (unpaired) electrons. The van der Waals surface area contributed by atoms with Gasteiger partial charge in [-0.15, -0.1) is 0 Å². The normalized spacial score (nSPS) is 12.2. The SMILES string of the molecule is Cn1ccnc1-c1nc(NCc2ccc3c(c2)OCO3)ncc1-c1ccc(F)cc1. The summed E-state index contributed by atoms with van der Waals surface area (Å²) in [5, 5.41) is 3.25. The van der Waals surface area contributed by atoms with Gasteiger partial charge in [-0.2, -0.15) is 0 Å². The fourth-order valence-corrected chi connectivity index (χ4v) is 3.30. The van der Waals surface area contributed by atoms with Crippen LogP contribution in [0.4, 0.5) is 10.3 Å². The molecular formula is C22H18FN5O2. The lowest BCUT2D eigenvalue weighted by molar-refractivity contribution is 0.174. The van der Waals surface area contributed by atoms with Crippen LogP contribution in [-0.2, 0) is 13.6 Å². The number of nitrogens with one attached hydrogen (secondary N) is 1. The van der Waals surface area contributed by atoms with Crippen molar-refractivity contribution < 1.29 is 13.9 Å². The van der Waals surface area contributed by atoms with E-state index in [0.717, 1.165) is 28.2 Å². The maximum absolute atomic E-state index is 13.4. The van der Waals surface area contributed by atoms with Crippen molar-refractivity contribution in [1.29, 1.82) is 0 Å². The Kier molecular flexibility index (Phi) is 4.51. The lowest BCUT2D eigenvalue weighted by Gasteiger charge is -2.12. The van der Waals surface area contributed by atoms with Gasteiger partial charge in [0.05, 0.1) is 0 Å². The van der Waals surface area contributed by atoms with E-state index in [9.17, 15) is 4.39 Å². The van der Waals surface area contributed by atoms with Crippen molar-refractivity contribution in [3.63, 3.8) is 0 Å². The maximum Gasteiger partial charge on any atom is 0.231 e. The van der Waals surface area contributed by atoms with E-state index in [1.54, 1.807) is 24.5 Å². The summed E-state index contributed by atoms with van der Waals surface area (Å²) in [6.45, 7) is 0.764. The third kappa shape index (κ3) is 3.43. The minimum Gasteiger partial charge on any atom is -0.454 e. The van der Waals surface area contributed by atoms with Crippen LogP contribution >= 0.6 is 0 Å². The zero-order valence-electron chi connectivity index (χ0n) is 16.2. The summed E-state index contributed by atoms with van der Waals surface area (Å²) in [5.41, 5.74) is 3.27. The summed E-state index contributed by atoms with van der Waals surface area (Å²) in [7, 11) is 1.90. The molecule has 0 atom stereocenters. The van der Waals surface area contributed by atoms with Crippen LogP contribution < -0.4 is 14.8 Å². The van der Waals surface area contributed by atoms with Crippen molar-refractivity contribution in [3.05, 3.63) is 72.4 Å². The van der Waals surface area contributed by atoms with Gasteiger partial charge in [0.2, 0.25) is 12.7 Å². The Morgan fingerprint density at radius 1 is 1.07 bits per heavy atom. The van der Waals surface area contributed by atoms with Crippen LogP contribution in [0.1, 0.15) is 5.56 Å². The lowest BCUT2D eigenvalue weighted by atomic mass is 10.1. The Labute approximate surface area is 172 Å². The fourth-order valence-electron chi connectivity index (χ4n) is 3.30. The maximum atomic E-state index is 13.4. The predicted octanol–water partition coefficient (Wildman–Crippen LogP) is 4.02. The van der Waals surface area contributed by atoms with E-state index in [0.29, 0.717) is 24.0 Å². The summed E-state index contributed by atoms with van der Waals surface area (Å²) >= 11 is 0. The topological polar surface area (TPSA) is 74.1 Å². The number of hydrogen-bond acceptors (Lipinski definition) is 6. The van der Waals surface area contributed by atoms with Crippen LogP contribution in [0, 0.1) is 5.82 Å². The molecule has 0 saturated heterocycles. The van der Waals surface area contributed by atoms with Crippen LogP contribution in [0.3, 0.4) is 0 Å². The molecule has 4 aromatic rings. The number of imidazole rings is 1. The molecule has 1 N–H and O–H groups in total. The standard InChI is InChI=1S/C22H18FN5O2/c1-28-9-8-24-21(28)20-17(15-3-5-16(23)6-4-15)12-26-22(27-20)25-11-14-2-7-18-19(10-14)30-13-29-18/h2-10,12H,11,13H2,1H3,(H,25,26,27). The Bertz CT molecular complexity index is 1210. The number of aryl methyl sites for hydroxylation is 1. The zero-order valence-corrected chi connectivity index (χ0v) is 16.2. The van der Waals surface area contributed by atoms with Crippen LogP contribution in [0.25, 0.3) is 22.6 Å². The van der Waals surface area contributed by atoms with Gasteiger partial charge in [0.15, 0.2) is 17.3 Å². The van der Waals surface area contributed by atoms with Gasteiger partial charge in [0.1, 0.15) is 11.5 Å². The molecule has 0 fully saturated rings. The highest BCUT2D eigenvalue weighted by Gasteiger charge is 2.16. The molecule has 0 unspecified atom stereocenters. The molecule has 1 aliphatic heterocycles. The van der Waals surface area contributed by atoms with Crippen molar-refractivity contribution in [3.8, 4) is 34.1 Å². The molecular weight excluding hydrogens is 385 g/mol. The number of ether oxygens (including phenoxy) is 2. The number of rotatable bonds is 5. The number of nitrogens with zero attached hydrogens (tertiary/aromatic N) is 4. The third-order valence-corrected chi connectivity index (χ3v) is 4.86. The van der Waals surface area contributed by atoms with Crippen molar-refractivity contribution in [2.75, 3.05) is 12.1 Å². The Morgan fingerprint density at radius 2 is 1.90 bits per heavy atom. The molecule has 1 aliphatic rings. The second kappa shape index (κ2) is 7.47. The van der Waals surface area contributed by atoms with E-state index in [-0.39, 0.29) is 12.6 Å². The van der Waals surface area contributed by atoms with Crippen molar-refractivity contribution in [2.24, 2.45) is 7.05 Å². The van der Waals surface area contributed by atoms with Crippen LogP contribution in [0.15, 0.2) is 61.1 Å². The third-order valence-electron chi connectivity index (χ3n) is 4.86. The molecule has 2 aromatic carbocycles. The number of halogens is 1. The molecule has 7 nitrogen and oxygen atoms in total. The zero-order chi connectivity index (χ0) is 20.5. The van der Waals surface area contributed by atoms with Crippen LogP contribution in [0.2, 0.25) is 0 Å². The highest BCUT2D eigenvalue weighted by atomic mass is 19.1. The first-order valence-electron chi connectivity index (χ1n) is 9.40. The first kappa shape index (κ1) is 18.1. The van der Waals surface area contributed by atoms with E-state index < -0.39 is 0 Å². The van der Waals surface area contributed by atoms with Crippen molar-refractivity contribution >= 4 is 5.95 Å². The average Bonchev–Trinajstić information content (AvgIpc) is 3.41. The van der Waals surface area contributed by atoms with E-state index in [1.165, 1.54) is 12.1 Å². The van der Waals surface area contributed by atoms with Gasteiger partial charge in [-0.05, 0) is 35.4 Å². The second-order valence-corrected chi connectivity index (χ2v) is 6.87. The molecule has 150 valence electrons. The quantitative estimate of drug-likeness (QED) is 0.543. The van der Waals surface area contributed by atoms with Gasteiger partial charge in [-0.1, -0.05) is 18.2 Å². The molecule has 0 bridgehead atoms. The molecule has 0 aliphatic carbocycles. The Balaban J connectivity index is 1.46. The Hall–Kier alpha value is -3.94. The summed E-state index contributed by atoms with van der Waals surface area (Å²) in [6, 6.07) is 12.0. The summed E-state index contributed by atoms with van der Waals surface area (Å²) in [5.74, 6) is 2.35. The monoisotopic (exact) mass is 403 g/mol. The smallest absolute Gasteiger partial charge is 0.231 e.